The van der Waals surface area contributed by atoms with Crippen LogP contribution in [0.4, 0.5) is 0 Å². The van der Waals surface area contributed by atoms with E-state index in [4.69, 9.17) is 16.6 Å². The van der Waals surface area contributed by atoms with E-state index in [1.165, 1.54) is 11.1 Å². The quantitative estimate of drug-likeness (QED) is 0.234. The smallest absolute Gasteiger partial charge is 0.223 e. The summed E-state index contributed by atoms with van der Waals surface area (Å²) in [6.45, 7) is 3.21. The number of aromatic nitrogens is 2. The highest BCUT2D eigenvalue weighted by Gasteiger charge is 2.28. The van der Waals surface area contributed by atoms with Gasteiger partial charge in [0.25, 0.3) is 0 Å². The van der Waals surface area contributed by atoms with Gasteiger partial charge in [-0.1, -0.05) is 84.4 Å². The predicted molar refractivity (Wildman–Crippen MR) is 155 cm³/mol. The fourth-order valence-electron chi connectivity index (χ4n) is 5.28. The lowest BCUT2D eigenvalue weighted by atomic mass is 9.96. The van der Waals surface area contributed by atoms with Gasteiger partial charge in [0.2, 0.25) is 5.91 Å². The van der Waals surface area contributed by atoms with Crippen molar-refractivity contribution in [3.05, 3.63) is 118 Å². The summed E-state index contributed by atoms with van der Waals surface area (Å²) in [4.78, 5) is 23.4. The second-order valence-electron chi connectivity index (χ2n) is 9.65. The lowest BCUT2D eigenvalue weighted by Gasteiger charge is -2.40. The summed E-state index contributed by atoms with van der Waals surface area (Å²) in [5.41, 5.74) is 5.66. The van der Waals surface area contributed by atoms with E-state index < -0.39 is 0 Å². The lowest BCUT2D eigenvalue weighted by molar-refractivity contribution is -0.133. The molecule has 6 rings (SSSR count). The maximum absolute atomic E-state index is 13.2. The van der Waals surface area contributed by atoms with Crippen molar-refractivity contribution in [3.8, 4) is 11.3 Å². The van der Waals surface area contributed by atoms with Gasteiger partial charge in [0.05, 0.1) is 11.7 Å². The first-order valence-corrected chi connectivity index (χ1v) is 14.2. The number of carbonyl (C=O) groups is 1. The number of imidazole rings is 1. The largest absolute Gasteiger partial charge is 0.340 e. The summed E-state index contributed by atoms with van der Waals surface area (Å²) in [5.74, 6) is 0.220. The Morgan fingerprint density at radius 1 is 0.868 bits per heavy atom. The monoisotopic (exact) mass is 540 g/mol. The van der Waals surface area contributed by atoms with E-state index in [0.29, 0.717) is 17.9 Å². The fraction of sp³-hybridized carbons (Fsp3) is 0.226. The van der Waals surface area contributed by atoms with Crippen LogP contribution in [0.1, 0.15) is 29.3 Å². The molecular formula is C31H29ClN4OS. The number of piperazine rings is 1. The Morgan fingerprint density at radius 3 is 2.13 bits per heavy atom. The molecule has 0 saturated carbocycles. The number of benzene rings is 3. The average molecular weight is 541 g/mol. The van der Waals surface area contributed by atoms with Crippen LogP contribution in [-0.2, 0) is 11.2 Å². The number of thiazole rings is 1. The van der Waals surface area contributed by atoms with E-state index >= 15 is 0 Å². The average Bonchev–Trinajstić information content (AvgIpc) is 3.55. The summed E-state index contributed by atoms with van der Waals surface area (Å²) in [5, 5.41) is 2.83. The molecule has 1 fully saturated rings. The zero-order valence-corrected chi connectivity index (χ0v) is 22.6. The molecule has 1 aliphatic heterocycles. The van der Waals surface area contributed by atoms with Crippen LogP contribution in [0.15, 0.2) is 96.5 Å². The van der Waals surface area contributed by atoms with Crippen molar-refractivity contribution in [2.24, 2.45) is 0 Å². The van der Waals surface area contributed by atoms with Gasteiger partial charge in [0.1, 0.15) is 0 Å². The van der Waals surface area contributed by atoms with Crippen molar-refractivity contribution in [1.29, 1.82) is 0 Å². The Kier molecular flexibility index (Phi) is 7.27. The Balaban J connectivity index is 1.09. The van der Waals surface area contributed by atoms with Crippen molar-refractivity contribution in [2.45, 2.75) is 18.9 Å². The van der Waals surface area contributed by atoms with Gasteiger partial charge in [-0.2, -0.15) is 0 Å². The third-order valence-electron chi connectivity index (χ3n) is 7.28. The number of nitrogens with zero attached hydrogens (tertiary/aromatic N) is 4. The molecular weight excluding hydrogens is 512 g/mol. The number of hydrogen-bond acceptors (Lipinski definition) is 4. The second kappa shape index (κ2) is 11.1. The molecule has 7 heteroatoms. The van der Waals surface area contributed by atoms with Gasteiger partial charge in [-0.3, -0.25) is 14.1 Å². The third-order valence-corrected chi connectivity index (χ3v) is 8.42. The minimum atomic E-state index is 0.199. The van der Waals surface area contributed by atoms with E-state index in [2.05, 4.69) is 81.5 Å². The number of amides is 1. The summed E-state index contributed by atoms with van der Waals surface area (Å²) < 4.78 is 2.12. The van der Waals surface area contributed by atoms with Crippen molar-refractivity contribution in [2.75, 3.05) is 26.2 Å². The summed E-state index contributed by atoms with van der Waals surface area (Å²) in [7, 11) is 0. The van der Waals surface area contributed by atoms with Crippen LogP contribution in [0.5, 0.6) is 0 Å². The molecule has 1 saturated heterocycles. The molecule has 0 radical (unpaired) electrons. The van der Waals surface area contributed by atoms with E-state index in [0.717, 1.165) is 48.1 Å². The van der Waals surface area contributed by atoms with Crippen molar-refractivity contribution < 1.29 is 4.79 Å². The number of hydrogen-bond donors (Lipinski definition) is 0. The molecule has 38 heavy (non-hydrogen) atoms. The van der Waals surface area contributed by atoms with E-state index in [1.54, 1.807) is 11.3 Å². The van der Waals surface area contributed by atoms with Crippen molar-refractivity contribution in [3.63, 3.8) is 0 Å². The van der Waals surface area contributed by atoms with Crippen LogP contribution in [-0.4, -0.2) is 51.3 Å². The number of carbonyl (C=O) groups excluding carboxylic acids is 1. The van der Waals surface area contributed by atoms with Crippen molar-refractivity contribution in [1.82, 2.24) is 19.2 Å². The number of rotatable bonds is 7. The molecule has 0 spiro atoms. The Morgan fingerprint density at radius 2 is 1.50 bits per heavy atom. The van der Waals surface area contributed by atoms with Gasteiger partial charge in [-0.25, -0.2) is 4.98 Å². The first-order valence-electron chi connectivity index (χ1n) is 13.0. The van der Waals surface area contributed by atoms with Gasteiger partial charge in [-0.05, 0) is 29.7 Å². The molecule has 5 aromatic rings. The number of aryl methyl sites for hydroxylation is 1. The molecule has 1 aliphatic rings. The van der Waals surface area contributed by atoms with Crippen LogP contribution in [0, 0.1) is 0 Å². The van der Waals surface area contributed by atoms with Gasteiger partial charge >= 0.3 is 0 Å². The van der Waals surface area contributed by atoms with Crippen LogP contribution in [0.3, 0.4) is 0 Å². The third kappa shape index (κ3) is 5.25. The molecule has 2 aromatic heterocycles. The zero-order valence-electron chi connectivity index (χ0n) is 21.0. The Labute approximate surface area is 231 Å². The topological polar surface area (TPSA) is 40.9 Å². The molecule has 3 heterocycles. The predicted octanol–water partition coefficient (Wildman–Crippen LogP) is 6.58. The summed E-state index contributed by atoms with van der Waals surface area (Å²) in [6, 6.07) is 29.3. The highest BCUT2D eigenvalue weighted by atomic mass is 35.5. The molecule has 0 aliphatic carbocycles. The fourth-order valence-corrected chi connectivity index (χ4v) is 6.31. The van der Waals surface area contributed by atoms with E-state index in [1.807, 2.05) is 29.2 Å². The summed E-state index contributed by atoms with van der Waals surface area (Å²) >= 11 is 7.65. The SMILES string of the molecule is O=C(CCc1csc2nc(-c3ccc(Cl)cc3)cn12)N1CCN(C(c2ccccc2)c2ccccc2)CC1. The van der Waals surface area contributed by atoms with Crippen LogP contribution < -0.4 is 0 Å². The standard InChI is InChI=1S/C31H29ClN4OS/c32-26-13-11-23(12-14-26)28-21-36-27(22-38-31(36)33-28)15-16-29(37)34-17-19-35(20-18-34)30(24-7-3-1-4-8-24)25-9-5-2-6-10-25/h1-14,21-22,30H,15-20H2. The maximum Gasteiger partial charge on any atom is 0.223 e. The molecule has 0 atom stereocenters. The molecule has 0 unspecified atom stereocenters. The molecule has 192 valence electrons. The molecule has 0 N–H and O–H groups in total. The van der Waals surface area contributed by atoms with Gasteiger partial charge in [0, 0.05) is 60.5 Å². The van der Waals surface area contributed by atoms with Gasteiger partial charge in [0.15, 0.2) is 4.96 Å². The van der Waals surface area contributed by atoms with Crippen LogP contribution >= 0.6 is 22.9 Å². The Hall–Kier alpha value is -3.45. The van der Waals surface area contributed by atoms with Gasteiger partial charge in [-0.15, -0.1) is 11.3 Å². The summed E-state index contributed by atoms with van der Waals surface area (Å²) in [6.07, 6.45) is 3.26. The van der Waals surface area contributed by atoms with Crippen molar-refractivity contribution >= 4 is 33.8 Å². The molecule has 1 amide bonds. The first-order chi connectivity index (χ1) is 18.7. The minimum absolute atomic E-state index is 0.199. The highest BCUT2D eigenvalue weighted by Crippen LogP contribution is 2.30. The minimum Gasteiger partial charge on any atom is -0.340 e. The molecule has 5 nitrogen and oxygen atoms in total. The second-order valence-corrected chi connectivity index (χ2v) is 10.9. The first kappa shape index (κ1) is 24.9. The number of halogens is 1. The zero-order chi connectivity index (χ0) is 25.9. The van der Waals surface area contributed by atoms with Gasteiger partial charge < -0.3 is 4.90 Å². The van der Waals surface area contributed by atoms with Crippen LogP contribution in [0.2, 0.25) is 5.02 Å². The molecule has 0 bridgehead atoms. The lowest BCUT2D eigenvalue weighted by Crippen LogP contribution is -2.49. The van der Waals surface area contributed by atoms with E-state index in [9.17, 15) is 4.79 Å². The highest BCUT2D eigenvalue weighted by molar-refractivity contribution is 7.15. The van der Waals surface area contributed by atoms with Crippen LogP contribution in [0.25, 0.3) is 16.2 Å². The normalized spacial score (nSPS) is 14.4. The maximum atomic E-state index is 13.2. The Bertz CT molecular complexity index is 1470. The van der Waals surface area contributed by atoms with E-state index in [-0.39, 0.29) is 11.9 Å². The number of fused-ring (bicyclic) bond motifs is 1. The molecule has 3 aromatic carbocycles.